The van der Waals surface area contributed by atoms with Crippen LogP contribution in [0.1, 0.15) is 11.6 Å². The van der Waals surface area contributed by atoms with Crippen LogP contribution in [0.5, 0.6) is 5.75 Å². The number of nitrogens with two attached hydrogens (primary N) is 1. The van der Waals surface area contributed by atoms with Crippen molar-refractivity contribution in [2.75, 3.05) is 6.61 Å². The lowest BCUT2D eigenvalue weighted by molar-refractivity contribution is -0.149. The molecule has 0 heterocycles. The summed E-state index contributed by atoms with van der Waals surface area (Å²) >= 11 is 0. The summed E-state index contributed by atoms with van der Waals surface area (Å²) in [4.78, 5) is 10.2. The van der Waals surface area contributed by atoms with E-state index in [0.717, 1.165) is 12.1 Å². The van der Waals surface area contributed by atoms with E-state index in [-0.39, 0.29) is 11.3 Å². The van der Waals surface area contributed by atoms with Crippen molar-refractivity contribution in [3.63, 3.8) is 0 Å². The average Bonchev–Trinajstić information content (AvgIpc) is 2.25. The molecule has 0 aromatic heterocycles. The summed E-state index contributed by atoms with van der Waals surface area (Å²) in [5.74, 6) is -0.994. The number of carbonyl (C=O) groups is 1. The zero-order valence-corrected chi connectivity index (χ0v) is 8.57. The highest BCUT2D eigenvalue weighted by atomic mass is 19.4. The lowest BCUT2D eigenvalue weighted by Crippen LogP contribution is -2.28. The number of carboxylic acids is 1. The van der Waals surface area contributed by atoms with E-state index in [1.807, 2.05) is 0 Å². The van der Waals surface area contributed by atoms with Crippen LogP contribution >= 0.6 is 0 Å². The van der Waals surface area contributed by atoms with Crippen molar-refractivity contribution in [3.05, 3.63) is 29.8 Å². The standard InChI is InChI=1S/C10H10F3NO3/c11-10(12,13)9(14)6-1-3-7(4-2-6)17-5-8(15)16/h1-4,9H,5,14H2,(H,15,16)/t9-/m0/s1. The number of carboxylic acid groups (broad SMARTS) is 1. The first-order chi connectivity index (χ1) is 7.80. The van der Waals surface area contributed by atoms with Crippen LogP contribution in [-0.4, -0.2) is 23.9 Å². The number of rotatable bonds is 4. The van der Waals surface area contributed by atoms with Crippen LogP contribution in [0.4, 0.5) is 13.2 Å². The molecule has 0 amide bonds. The minimum absolute atomic E-state index is 0.111. The Balaban J connectivity index is 2.71. The Morgan fingerprint density at radius 2 is 1.88 bits per heavy atom. The molecule has 0 aliphatic heterocycles. The van der Waals surface area contributed by atoms with Gasteiger partial charge >= 0.3 is 12.1 Å². The fraction of sp³-hybridized carbons (Fsp3) is 0.300. The van der Waals surface area contributed by atoms with E-state index >= 15 is 0 Å². The molecular formula is C10H10F3NO3. The highest BCUT2D eigenvalue weighted by molar-refractivity contribution is 5.68. The Morgan fingerprint density at radius 1 is 1.35 bits per heavy atom. The van der Waals surface area contributed by atoms with Gasteiger partial charge in [0.25, 0.3) is 0 Å². The molecule has 1 aromatic carbocycles. The monoisotopic (exact) mass is 249 g/mol. The van der Waals surface area contributed by atoms with Crippen LogP contribution in [0.15, 0.2) is 24.3 Å². The Bertz CT molecular complexity index is 389. The summed E-state index contributed by atoms with van der Waals surface area (Å²) in [6.45, 7) is -0.551. The number of halogens is 3. The average molecular weight is 249 g/mol. The normalized spacial score (nSPS) is 13.2. The smallest absolute Gasteiger partial charge is 0.407 e. The molecule has 1 atom stereocenters. The van der Waals surface area contributed by atoms with Gasteiger partial charge < -0.3 is 15.6 Å². The van der Waals surface area contributed by atoms with Crippen molar-refractivity contribution < 1.29 is 27.8 Å². The third-order valence-corrected chi connectivity index (χ3v) is 1.95. The number of benzene rings is 1. The molecule has 94 valence electrons. The second-order valence-electron chi connectivity index (χ2n) is 3.27. The Labute approximate surface area is 94.8 Å². The highest BCUT2D eigenvalue weighted by Crippen LogP contribution is 2.31. The predicted molar refractivity (Wildman–Crippen MR) is 52.6 cm³/mol. The molecular weight excluding hydrogens is 239 g/mol. The number of alkyl halides is 3. The van der Waals surface area contributed by atoms with E-state index in [4.69, 9.17) is 15.6 Å². The Morgan fingerprint density at radius 3 is 2.29 bits per heavy atom. The second kappa shape index (κ2) is 5.05. The fourth-order valence-corrected chi connectivity index (χ4v) is 1.11. The van der Waals surface area contributed by atoms with E-state index in [1.54, 1.807) is 0 Å². The van der Waals surface area contributed by atoms with Crippen molar-refractivity contribution >= 4 is 5.97 Å². The quantitative estimate of drug-likeness (QED) is 0.852. The molecule has 0 unspecified atom stereocenters. The van der Waals surface area contributed by atoms with Gasteiger partial charge in [-0.2, -0.15) is 13.2 Å². The van der Waals surface area contributed by atoms with Crippen LogP contribution in [-0.2, 0) is 4.79 Å². The molecule has 0 saturated heterocycles. The van der Waals surface area contributed by atoms with Crippen molar-refractivity contribution in [2.45, 2.75) is 12.2 Å². The SMILES string of the molecule is N[C@@H](c1ccc(OCC(=O)O)cc1)C(F)(F)F. The van der Waals surface area contributed by atoms with Gasteiger partial charge in [0.2, 0.25) is 0 Å². The molecule has 0 aliphatic carbocycles. The summed E-state index contributed by atoms with van der Waals surface area (Å²) in [6, 6.07) is 2.72. The van der Waals surface area contributed by atoms with E-state index in [9.17, 15) is 18.0 Å². The summed E-state index contributed by atoms with van der Waals surface area (Å²) in [5, 5.41) is 8.33. The topological polar surface area (TPSA) is 72.5 Å². The van der Waals surface area contributed by atoms with Crippen LogP contribution in [0, 0.1) is 0 Å². The van der Waals surface area contributed by atoms with Crippen LogP contribution in [0.3, 0.4) is 0 Å². The third kappa shape index (κ3) is 3.95. The summed E-state index contributed by atoms with van der Waals surface area (Å²) in [6.07, 6.45) is -4.51. The first-order valence-electron chi connectivity index (χ1n) is 4.57. The molecule has 0 bridgehead atoms. The molecule has 4 nitrogen and oxygen atoms in total. The zero-order valence-electron chi connectivity index (χ0n) is 8.57. The van der Waals surface area contributed by atoms with Gasteiger partial charge in [0, 0.05) is 0 Å². The molecule has 17 heavy (non-hydrogen) atoms. The number of aliphatic carboxylic acids is 1. The van der Waals surface area contributed by atoms with Gasteiger partial charge in [-0.25, -0.2) is 4.79 Å². The lowest BCUT2D eigenvalue weighted by atomic mass is 10.1. The van der Waals surface area contributed by atoms with Crippen molar-refractivity contribution in [1.82, 2.24) is 0 Å². The van der Waals surface area contributed by atoms with Gasteiger partial charge in [-0.3, -0.25) is 0 Å². The predicted octanol–water partition coefficient (Wildman–Crippen LogP) is 1.71. The molecule has 3 N–H and O–H groups in total. The molecule has 7 heteroatoms. The molecule has 0 fully saturated rings. The Hall–Kier alpha value is -1.76. The van der Waals surface area contributed by atoms with E-state index in [2.05, 4.69) is 0 Å². The minimum Gasteiger partial charge on any atom is -0.482 e. The molecule has 1 aromatic rings. The van der Waals surface area contributed by atoms with Crippen LogP contribution in [0.25, 0.3) is 0 Å². The van der Waals surface area contributed by atoms with Gasteiger partial charge in [-0.15, -0.1) is 0 Å². The van der Waals surface area contributed by atoms with Gasteiger partial charge in [0.1, 0.15) is 11.8 Å². The highest BCUT2D eigenvalue weighted by Gasteiger charge is 2.37. The Kier molecular flexibility index (Phi) is 3.95. The first-order valence-corrected chi connectivity index (χ1v) is 4.57. The summed E-state index contributed by atoms with van der Waals surface area (Å²) in [5.41, 5.74) is 4.87. The lowest BCUT2D eigenvalue weighted by Gasteiger charge is -2.16. The molecule has 0 aliphatic rings. The number of hydrogen-bond donors (Lipinski definition) is 2. The summed E-state index contributed by atoms with van der Waals surface area (Å²) in [7, 11) is 0. The summed E-state index contributed by atoms with van der Waals surface area (Å²) < 4.78 is 41.5. The van der Waals surface area contributed by atoms with Crippen molar-refractivity contribution in [3.8, 4) is 5.75 Å². The minimum atomic E-state index is -4.51. The molecule has 1 rings (SSSR count). The van der Waals surface area contributed by atoms with E-state index in [1.165, 1.54) is 12.1 Å². The van der Waals surface area contributed by atoms with Gasteiger partial charge in [0.15, 0.2) is 6.61 Å². The van der Waals surface area contributed by atoms with E-state index in [0.29, 0.717) is 0 Å². The van der Waals surface area contributed by atoms with Gasteiger partial charge in [-0.1, -0.05) is 12.1 Å². The van der Waals surface area contributed by atoms with Crippen LogP contribution < -0.4 is 10.5 Å². The first kappa shape index (κ1) is 13.3. The largest absolute Gasteiger partial charge is 0.482 e. The maximum absolute atomic E-state index is 12.3. The van der Waals surface area contributed by atoms with Crippen molar-refractivity contribution in [1.29, 1.82) is 0 Å². The zero-order chi connectivity index (χ0) is 13.1. The molecule has 0 radical (unpaired) electrons. The molecule has 0 saturated carbocycles. The van der Waals surface area contributed by atoms with Gasteiger partial charge in [-0.05, 0) is 17.7 Å². The maximum Gasteiger partial charge on any atom is 0.407 e. The maximum atomic E-state index is 12.3. The number of hydrogen-bond acceptors (Lipinski definition) is 3. The van der Waals surface area contributed by atoms with Crippen LogP contribution in [0.2, 0.25) is 0 Å². The molecule has 0 spiro atoms. The van der Waals surface area contributed by atoms with E-state index < -0.39 is 24.8 Å². The second-order valence-corrected chi connectivity index (χ2v) is 3.27. The van der Waals surface area contributed by atoms with Crippen molar-refractivity contribution in [2.24, 2.45) is 5.73 Å². The van der Waals surface area contributed by atoms with Gasteiger partial charge in [0.05, 0.1) is 0 Å². The third-order valence-electron chi connectivity index (χ3n) is 1.95. The fourth-order valence-electron chi connectivity index (χ4n) is 1.11. The number of ether oxygens (including phenoxy) is 1.